The molecule has 0 saturated carbocycles. The first-order valence-corrected chi connectivity index (χ1v) is 22.3. The topological polar surface area (TPSA) is 166 Å². The van der Waals surface area contributed by atoms with Crippen molar-refractivity contribution in [1.29, 1.82) is 0 Å². The number of esters is 1. The zero-order chi connectivity index (χ0) is 43.8. The van der Waals surface area contributed by atoms with Crippen LogP contribution >= 0.6 is 0 Å². The average Bonchev–Trinajstić information content (AvgIpc) is 3.61. The second kappa shape index (κ2) is 38.2. The summed E-state index contributed by atoms with van der Waals surface area (Å²) in [5.41, 5.74) is 4.80. The van der Waals surface area contributed by atoms with E-state index in [1.807, 2.05) is 24.3 Å². The van der Waals surface area contributed by atoms with Crippen molar-refractivity contribution >= 4 is 12.1 Å². The Bertz CT molecular complexity index is 1340. The van der Waals surface area contributed by atoms with Gasteiger partial charge in [0.05, 0.1) is 139 Å². The third-order valence-electron chi connectivity index (χ3n) is 9.27. The third-order valence-corrected chi connectivity index (χ3v) is 9.27. The van der Waals surface area contributed by atoms with Gasteiger partial charge in [-0.3, -0.25) is 4.79 Å². The van der Waals surface area contributed by atoms with Crippen LogP contribution in [0.15, 0.2) is 48.5 Å². The van der Waals surface area contributed by atoms with E-state index in [9.17, 15) is 9.59 Å². The second-order valence-electron chi connectivity index (χ2n) is 14.0. The van der Waals surface area contributed by atoms with Crippen LogP contribution in [0.2, 0.25) is 0 Å². The van der Waals surface area contributed by atoms with Gasteiger partial charge < -0.3 is 66.9 Å². The summed E-state index contributed by atoms with van der Waals surface area (Å²) in [6, 6.07) is 16.6. The predicted octanol–water partition coefficient (Wildman–Crippen LogP) is 5.22. The first kappa shape index (κ1) is 53.1. The minimum atomic E-state index is -0.418. The minimum absolute atomic E-state index is 0.0454. The largest absolute Gasteiger partial charge is 0.463 e. The Kier molecular flexibility index (Phi) is 32.7. The van der Waals surface area contributed by atoms with E-state index in [1.165, 1.54) is 22.3 Å². The monoisotopic (exact) mass is 879 g/mol. The molecule has 1 N–H and O–H groups in total. The van der Waals surface area contributed by atoms with Crippen molar-refractivity contribution in [2.75, 3.05) is 165 Å². The maximum Gasteiger partial charge on any atom is 0.407 e. The molecule has 0 saturated heterocycles. The van der Waals surface area contributed by atoms with Crippen LogP contribution < -0.4 is 5.32 Å². The summed E-state index contributed by atoms with van der Waals surface area (Å²) in [7, 11) is 0. The van der Waals surface area contributed by atoms with Crippen LogP contribution in [0.1, 0.15) is 56.1 Å². The molecule has 2 aromatic rings. The molecule has 16 heteroatoms. The number of hydrogen-bond donors (Lipinski definition) is 1. The Morgan fingerprint density at radius 1 is 0.435 bits per heavy atom. The molecule has 352 valence electrons. The predicted molar refractivity (Wildman–Crippen MR) is 232 cm³/mol. The molecule has 1 aliphatic rings. The van der Waals surface area contributed by atoms with E-state index in [-0.39, 0.29) is 18.5 Å². The maximum absolute atomic E-state index is 12.3. The maximum atomic E-state index is 12.3. The summed E-state index contributed by atoms with van der Waals surface area (Å²) in [4.78, 5) is 23.8. The van der Waals surface area contributed by atoms with Gasteiger partial charge in [0.2, 0.25) is 0 Å². The van der Waals surface area contributed by atoms with Gasteiger partial charge in [0, 0.05) is 25.5 Å². The molecular weight excluding hydrogens is 806 g/mol. The van der Waals surface area contributed by atoms with Crippen molar-refractivity contribution in [3.05, 3.63) is 59.7 Å². The Labute approximate surface area is 368 Å². The number of hydrogen-bond acceptors (Lipinski definition) is 15. The molecule has 1 aliphatic carbocycles. The number of unbranched alkanes of at least 4 members (excludes halogenated alkanes) is 2. The van der Waals surface area contributed by atoms with E-state index in [1.54, 1.807) is 0 Å². The Morgan fingerprint density at radius 3 is 1.18 bits per heavy atom. The van der Waals surface area contributed by atoms with E-state index in [4.69, 9.17) is 61.6 Å². The van der Waals surface area contributed by atoms with Gasteiger partial charge in [0.15, 0.2) is 0 Å². The molecule has 0 unspecified atom stereocenters. The lowest BCUT2D eigenvalue weighted by Gasteiger charge is -2.14. The van der Waals surface area contributed by atoms with Crippen LogP contribution in [-0.2, 0) is 66.4 Å². The third kappa shape index (κ3) is 26.4. The molecule has 0 aromatic heterocycles. The number of rotatable bonds is 43. The van der Waals surface area contributed by atoms with E-state index in [0.29, 0.717) is 171 Å². The molecule has 3 rings (SSSR count). The lowest BCUT2D eigenvalue weighted by molar-refractivity contribution is -0.145. The number of fused-ring (bicyclic) bond motifs is 3. The Hall–Kier alpha value is -3.26. The molecule has 0 radical (unpaired) electrons. The molecule has 0 heterocycles. The van der Waals surface area contributed by atoms with E-state index in [0.717, 1.165) is 19.3 Å². The van der Waals surface area contributed by atoms with Crippen molar-refractivity contribution in [2.24, 2.45) is 0 Å². The molecule has 2 aromatic carbocycles. The quantitative estimate of drug-likeness (QED) is 0.0680. The van der Waals surface area contributed by atoms with Gasteiger partial charge in [-0.2, -0.15) is 0 Å². The fourth-order valence-corrected chi connectivity index (χ4v) is 6.12. The van der Waals surface area contributed by atoms with Crippen LogP contribution in [0.25, 0.3) is 11.1 Å². The average molecular weight is 880 g/mol. The number of nitrogens with one attached hydrogen (secondary N) is 1. The standard InChI is InChI=1S/C46H73NO15/c1-2-3-4-14-45(48)61-38-37-60-36-35-59-34-33-58-32-31-57-30-29-56-28-27-55-26-25-54-24-23-53-22-21-52-20-19-51-18-17-50-16-9-15-47-46(49)62-39-44-42-12-7-5-10-40(42)41-11-6-8-13-43(41)44/h5-8,10-13,44H,2-4,9,14-39H2,1H3,(H,47,49). The lowest BCUT2D eigenvalue weighted by atomic mass is 9.98. The van der Waals surface area contributed by atoms with E-state index >= 15 is 0 Å². The van der Waals surface area contributed by atoms with Crippen LogP contribution in [0.5, 0.6) is 0 Å². The van der Waals surface area contributed by atoms with Gasteiger partial charge in [-0.25, -0.2) is 4.79 Å². The molecule has 0 spiro atoms. The van der Waals surface area contributed by atoms with Crippen molar-refractivity contribution in [3.63, 3.8) is 0 Å². The van der Waals surface area contributed by atoms with Gasteiger partial charge in [-0.15, -0.1) is 0 Å². The summed E-state index contributed by atoms with van der Waals surface area (Å²) >= 11 is 0. The Balaban J connectivity index is 0.917. The number of amides is 1. The van der Waals surface area contributed by atoms with Crippen LogP contribution in [0.4, 0.5) is 4.79 Å². The van der Waals surface area contributed by atoms with Crippen LogP contribution in [0, 0.1) is 0 Å². The summed E-state index contributed by atoms with van der Waals surface area (Å²) < 4.78 is 71.2. The van der Waals surface area contributed by atoms with E-state index < -0.39 is 6.09 Å². The zero-order valence-corrected chi connectivity index (χ0v) is 37.0. The molecule has 62 heavy (non-hydrogen) atoms. The van der Waals surface area contributed by atoms with Gasteiger partial charge >= 0.3 is 12.1 Å². The number of benzene rings is 2. The van der Waals surface area contributed by atoms with Gasteiger partial charge in [0.25, 0.3) is 0 Å². The number of alkyl carbamates (subject to hydrolysis) is 1. The number of ether oxygens (including phenoxy) is 13. The highest BCUT2D eigenvalue weighted by molar-refractivity contribution is 5.79. The molecule has 0 atom stereocenters. The SMILES string of the molecule is CCCCCC(=O)OCCOCCOCCOCCOCCOCCOCCOCCOCCOCCOCCOCCCNC(=O)OCC1c2ccccc2-c2ccccc21. The van der Waals surface area contributed by atoms with Crippen LogP contribution in [0.3, 0.4) is 0 Å². The first-order chi connectivity index (χ1) is 30.7. The second-order valence-corrected chi connectivity index (χ2v) is 14.0. The van der Waals surface area contributed by atoms with Crippen molar-refractivity contribution in [2.45, 2.75) is 44.9 Å². The molecule has 16 nitrogen and oxygen atoms in total. The van der Waals surface area contributed by atoms with Crippen molar-refractivity contribution in [3.8, 4) is 11.1 Å². The Morgan fingerprint density at radius 2 is 0.790 bits per heavy atom. The zero-order valence-electron chi connectivity index (χ0n) is 37.0. The fourth-order valence-electron chi connectivity index (χ4n) is 6.12. The molecule has 0 aliphatic heterocycles. The van der Waals surface area contributed by atoms with Crippen molar-refractivity contribution < 1.29 is 71.2 Å². The fraction of sp³-hybridized carbons (Fsp3) is 0.696. The van der Waals surface area contributed by atoms with Gasteiger partial charge in [0.1, 0.15) is 13.2 Å². The molecule has 0 bridgehead atoms. The van der Waals surface area contributed by atoms with Gasteiger partial charge in [-0.1, -0.05) is 68.3 Å². The lowest BCUT2D eigenvalue weighted by Crippen LogP contribution is -2.27. The van der Waals surface area contributed by atoms with Crippen LogP contribution in [-0.4, -0.2) is 177 Å². The normalized spacial score (nSPS) is 12.1. The first-order valence-electron chi connectivity index (χ1n) is 22.3. The number of carbonyl (C=O) groups excluding carboxylic acids is 2. The van der Waals surface area contributed by atoms with E-state index in [2.05, 4.69) is 36.5 Å². The molecular formula is C46H73NO15. The summed E-state index contributed by atoms with van der Waals surface area (Å²) in [6.07, 6.45) is 3.73. The minimum Gasteiger partial charge on any atom is -0.463 e. The molecule has 1 amide bonds. The van der Waals surface area contributed by atoms with Gasteiger partial charge in [-0.05, 0) is 35.1 Å². The molecule has 0 fully saturated rings. The highest BCUT2D eigenvalue weighted by Gasteiger charge is 2.29. The number of carbonyl (C=O) groups is 2. The summed E-state index contributed by atoms with van der Waals surface area (Å²) in [5, 5.41) is 2.81. The summed E-state index contributed by atoms with van der Waals surface area (Å²) in [5.74, 6) is -0.118. The highest BCUT2D eigenvalue weighted by atomic mass is 16.6. The summed E-state index contributed by atoms with van der Waals surface area (Å²) in [6.45, 7) is 13.6. The van der Waals surface area contributed by atoms with Crippen molar-refractivity contribution in [1.82, 2.24) is 5.32 Å². The smallest absolute Gasteiger partial charge is 0.407 e. The highest BCUT2D eigenvalue weighted by Crippen LogP contribution is 2.44.